The fourth-order valence-corrected chi connectivity index (χ4v) is 1.66. The highest BCUT2D eigenvalue weighted by molar-refractivity contribution is 5.42. The molecule has 1 heterocycles. The van der Waals surface area contributed by atoms with Gasteiger partial charge in [-0.1, -0.05) is 6.07 Å². The average Bonchev–Trinajstić information content (AvgIpc) is 2.40. The van der Waals surface area contributed by atoms with Gasteiger partial charge in [-0.15, -0.1) is 0 Å². The van der Waals surface area contributed by atoms with Crippen molar-refractivity contribution in [1.29, 1.82) is 0 Å². The number of benzene rings is 1. The highest BCUT2D eigenvalue weighted by Crippen LogP contribution is 2.38. The summed E-state index contributed by atoms with van der Waals surface area (Å²) in [6.45, 7) is 1.82. The molecule has 3 nitrogen and oxygen atoms in total. The van der Waals surface area contributed by atoms with E-state index in [0.717, 1.165) is 11.8 Å². The molecule has 0 spiro atoms. The minimum atomic E-state index is -4.50. The number of ether oxygens (including phenoxy) is 1. The molecule has 0 saturated carbocycles. The quantitative estimate of drug-likeness (QED) is 0.934. The maximum atomic E-state index is 13.0. The molecular formula is C14H13F3N2O. The molecule has 0 bridgehead atoms. The van der Waals surface area contributed by atoms with Crippen molar-refractivity contribution in [3.05, 3.63) is 53.3 Å². The number of pyridine rings is 1. The summed E-state index contributed by atoms with van der Waals surface area (Å²) in [6.07, 6.45) is -3.12. The van der Waals surface area contributed by atoms with Gasteiger partial charge in [0.25, 0.3) is 0 Å². The summed E-state index contributed by atoms with van der Waals surface area (Å²) in [5, 5.41) is 0. The summed E-state index contributed by atoms with van der Waals surface area (Å²) in [7, 11) is 0. The molecule has 1 aromatic heterocycles. The van der Waals surface area contributed by atoms with Crippen LogP contribution in [0.1, 0.15) is 16.8 Å². The minimum absolute atomic E-state index is 0.0372. The molecule has 0 saturated heterocycles. The van der Waals surface area contributed by atoms with E-state index >= 15 is 0 Å². The van der Waals surface area contributed by atoms with Crippen LogP contribution >= 0.6 is 0 Å². The highest BCUT2D eigenvalue weighted by atomic mass is 19.4. The first kappa shape index (κ1) is 14.3. The van der Waals surface area contributed by atoms with Crippen molar-refractivity contribution < 1.29 is 17.9 Å². The standard InChI is InChI=1S/C14H13F3N2O/c1-9-2-4-11(8-19-9)20-13-5-3-10(7-18)6-12(13)14(15,16)17/h2-6,8H,7,18H2,1H3. The number of halogens is 3. The van der Waals surface area contributed by atoms with Crippen LogP contribution in [0.2, 0.25) is 0 Å². The van der Waals surface area contributed by atoms with Gasteiger partial charge in [-0.25, -0.2) is 0 Å². The van der Waals surface area contributed by atoms with Crippen LogP contribution in [-0.4, -0.2) is 4.98 Å². The second-order valence-corrected chi connectivity index (χ2v) is 4.27. The molecule has 0 fully saturated rings. The Labute approximate surface area is 114 Å². The van der Waals surface area contributed by atoms with Crippen molar-refractivity contribution in [2.24, 2.45) is 5.73 Å². The Morgan fingerprint density at radius 2 is 1.95 bits per heavy atom. The third-order valence-corrected chi connectivity index (χ3v) is 2.70. The zero-order chi connectivity index (χ0) is 14.8. The average molecular weight is 282 g/mol. The molecule has 0 radical (unpaired) electrons. The molecule has 0 aliphatic carbocycles. The number of aromatic nitrogens is 1. The smallest absolute Gasteiger partial charge is 0.419 e. The van der Waals surface area contributed by atoms with Crippen LogP contribution in [0.15, 0.2) is 36.5 Å². The van der Waals surface area contributed by atoms with Crippen molar-refractivity contribution in [2.75, 3.05) is 0 Å². The molecule has 106 valence electrons. The van der Waals surface area contributed by atoms with Crippen LogP contribution in [0, 0.1) is 6.92 Å². The van der Waals surface area contributed by atoms with Gasteiger partial charge in [-0.2, -0.15) is 13.2 Å². The lowest BCUT2D eigenvalue weighted by atomic mass is 10.1. The second kappa shape index (κ2) is 5.50. The summed E-state index contributed by atoms with van der Waals surface area (Å²) in [4.78, 5) is 3.97. The predicted octanol–water partition coefficient (Wildman–Crippen LogP) is 3.66. The first-order valence-corrected chi connectivity index (χ1v) is 5.91. The van der Waals surface area contributed by atoms with Gasteiger partial charge in [-0.05, 0) is 36.8 Å². The van der Waals surface area contributed by atoms with E-state index in [1.165, 1.54) is 18.3 Å². The van der Waals surface area contributed by atoms with Crippen LogP contribution in [0.4, 0.5) is 13.2 Å². The number of alkyl halides is 3. The van der Waals surface area contributed by atoms with Crippen molar-refractivity contribution in [3.8, 4) is 11.5 Å². The van der Waals surface area contributed by atoms with Gasteiger partial charge in [0, 0.05) is 12.2 Å². The molecule has 1 aromatic carbocycles. The van der Waals surface area contributed by atoms with Crippen molar-refractivity contribution in [1.82, 2.24) is 4.98 Å². The van der Waals surface area contributed by atoms with Gasteiger partial charge in [-0.3, -0.25) is 4.98 Å². The summed E-state index contributed by atoms with van der Waals surface area (Å²) in [5.74, 6) is -0.0121. The summed E-state index contributed by atoms with van der Waals surface area (Å²) in [5.41, 5.74) is 5.67. The normalized spacial score (nSPS) is 11.4. The molecule has 20 heavy (non-hydrogen) atoms. The van der Waals surface area contributed by atoms with E-state index in [4.69, 9.17) is 10.5 Å². The molecule has 2 rings (SSSR count). The van der Waals surface area contributed by atoms with E-state index < -0.39 is 11.7 Å². The van der Waals surface area contributed by atoms with Crippen LogP contribution < -0.4 is 10.5 Å². The number of hydrogen-bond acceptors (Lipinski definition) is 3. The lowest BCUT2D eigenvalue weighted by molar-refractivity contribution is -0.138. The summed E-state index contributed by atoms with van der Waals surface area (Å²) < 4.78 is 44.3. The largest absolute Gasteiger partial charge is 0.455 e. The van der Waals surface area contributed by atoms with Crippen LogP contribution in [0.5, 0.6) is 11.5 Å². The van der Waals surface area contributed by atoms with E-state index in [-0.39, 0.29) is 18.0 Å². The first-order chi connectivity index (χ1) is 9.40. The summed E-state index contributed by atoms with van der Waals surface area (Å²) >= 11 is 0. The molecule has 0 atom stereocenters. The van der Waals surface area contributed by atoms with Crippen LogP contribution in [0.3, 0.4) is 0 Å². The lowest BCUT2D eigenvalue weighted by Crippen LogP contribution is -2.09. The van der Waals surface area contributed by atoms with Crippen molar-refractivity contribution in [2.45, 2.75) is 19.6 Å². The molecule has 0 amide bonds. The van der Waals surface area contributed by atoms with E-state index in [1.54, 1.807) is 19.1 Å². The van der Waals surface area contributed by atoms with Gasteiger partial charge < -0.3 is 10.5 Å². The van der Waals surface area contributed by atoms with E-state index in [9.17, 15) is 13.2 Å². The zero-order valence-corrected chi connectivity index (χ0v) is 10.7. The first-order valence-electron chi connectivity index (χ1n) is 5.91. The minimum Gasteiger partial charge on any atom is -0.455 e. The Hall–Kier alpha value is -2.08. The topological polar surface area (TPSA) is 48.1 Å². The number of rotatable bonds is 3. The Balaban J connectivity index is 2.38. The summed E-state index contributed by atoms with van der Waals surface area (Å²) in [6, 6.07) is 7.00. The fraction of sp³-hybridized carbons (Fsp3) is 0.214. The molecular weight excluding hydrogens is 269 g/mol. The number of nitrogens with zero attached hydrogens (tertiary/aromatic N) is 1. The molecule has 0 aliphatic rings. The fourth-order valence-electron chi connectivity index (χ4n) is 1.66. The van der Waals surface area contributed by atoms with Crippen molar-refractivity contribution in [3.63, 3.8) is 0 Å². The van der Waals surface area contributed by atoms with Crippen LogP contribution in [0.25, 0.3) is 0 Å². The Morgan fingerprint density at radius 3 is 2.50 bits per heavy atom. The zero-order valence-electron chi connectivity index (χ0n) is 10.7. The van der Waals surface area contributed by atoms with Gasteiger partial charge in [0.2, 0.25) is 0 Å². The highest BCUT2D eigenvalue weighted by Gasteiger charge is 2.34. The maximum absolute atomic E-state index is 13.0. The van der Waals surface area contributed by atoms with Gasteiger partial charge >= 0.3 is 6.18 Å². The SMILES string of the molecule is Cc1ccc(Oc2ccc(CN)cc2C(F)(F)F)cn1. The van der Waals surface area contributed by atoms with Gasteiger partial charge in [0.1, 0.15) is 11.5 Å². The predicted molar refractivity (Wildman–Crippen MR) is 68.4 cm³/mol. The molecule has 2 aromatic rings. The van der Waals surface area contributed by atoms with Crippen LogP contribution in [-0.2, 0) is 12.7 Å². The van der Waals surface area contributed by atoms with Gasteiger partial charge in [0.15, 0.2) is 0 Å². The Morgan fingerprint density at radius 1 is 1.20 bits per heavy atom. The lowest BCUT2D eigenvalue weighted by Gasteiger charge is -2.14. The molecule has 0 aliphatic heterocycles. The van der Waals surface area contributed by atoms with Crippen molar-refractivity contribution >= 4 is 0 Å². The molecule has 2 N–H and O–H groups in total. The van der Waals surface area contributed by atoms with E-state index in [1.807, 2.05) is 0 Å². The van der Waals surface area contributed by atoms with E-state index in [2.05, 4.69) is 4.98 Å². The number of aryl methyl sites for hydroxylation is 1. The molecule has 0 unspecified atom stereocenters. The Kier molecular flexibility index (Phi) is 3.94. The second-order valence-electron chi connectivity index (χ2n) is 4.27. The third kappa shape index (κ3) is 3.27. The van der Waals surface area contributed by atoms with Gasteiger partial charge in [0.05, 0.1) is 11.8 Å². The monoisotopic (exact) mass is 282 g/mol. The Bertz CT molecular complexity index is 594. The molecule has 6 heteroatoms. The number of hydrogen-bond donors (Lipinski definition) is 1. The number of nitrogens with two attached hydrogens (primary N) is 1. The third-order valence-electron chi connectivity index (χ3n) is 2.70. The van der Waals surface area contributed by atoms with E-state index in [0.29, 0.717) is 5.56 Å². The maximum Gasteiger partial charge on any atom is 0.419 e.